The molecular weight excluding hydrogens is 352 g/mol. The van der Waals surface area contributed by atoms with Gasteiger partial charge in [0.15, 0.2) is 0 Å². The Balaban J connectivity index is 1.56. The third-order valence-electron chi connectivity index (χ3n) is 6.02. The maximum atomic E-state index is 5.44. The fraction of sp³-hybridized carbons (Fsp3) is 0.545. The van der Waals surface area contributed by atoms with Gasteiger partial charge in [0.2, 0.25) is 0 Å². The normalized spacial score (nSPS) is 18.7. The number of aromatic nitrogens is 2. The largest absolute Gasteiger partial charge is 0.497 e. The topological polar surface area (TPSA) is 50.7 Å². The van der Waals surface area contributed by atoms with Gasteiger partial charge in [-0.2, -0.15) is 0 Å². The first-order valence-electron chi connectivity index (χ1n) is 10.2. The van der Waals surface area contributed by atoms with Crippen LogP contribution in [0.5, 0.6) is 11.5 Å². The first-order valence-corrected chi connectivity index (χ1v) is 10.2. The monoisotopic (exact) mass is 382 g/mol. The maximum absolute atomic E-state index is 5.44. The van der Waals surface area contributed by atoms with Crippen molar-refractivity contribution in [2.75, 3.05) is 44.2 Å². The van der Waals surface area contributed by atoms with Crippen LogP contribution in [0.3, 0.4) is 0 Å². The lowest BCUT2D eigenvalue weighted by Gasteiger charge is -2.30. The summed E-state index contributed by atoms with van der Waals surface area (Å²) in [5, 5.41) is 0. The van der Waals surface area contributed by atoms with Gasteiger partial charge in [-0.05, 0) is 39.0 Å². The average Bonchev–Trinajstić information content (AvgIpc) is 3.22. The molecule has 1 atom stereocenters. The zero-order chi connectivity index (χ0) is 19.7. The van der Waals surface area contributed by atoms with Gasteiger partial charge < -0.3 is 19.3 Å². The molecule has 6 nitrogen and oxygen atoms in total. The van der Waals surface area contributed by atoms with E-state index in [2.05, 4.69) is 29.0 Å². The number of likely N-dealkylation sites (N-methyl/N-ethyl adjacent to an activating group) is 1. The standard InChI is InChI=1S/C22H30N4O2/c1-15-23-21-8-6-5-7-20(21)22(24-15)25(2)16-9-10-26(14-16)17-11-18(27-3)13-19(12-17)28-4/h11-13,16H,5-10,14H2,1-4H3. The van der Waals surface area contributed by atoms with Crippen molar-refractivity contribution in [2.45, 2.75) is 45.1 Å². The van der Waals surface area contributed by atoms with Crippen molar-refractivity contribution < 1.29 is 9.47 Å². The second kappa shape index (κ2) is 7.86. The molecule has 150 valence electrons. The van der Waals surface area contributed by atoms with E-state index in [1.165, 1.54) is 24.1 Å². The molecule has 1 aromatic heterocycles. The summed E-state index contributed by atoms with van der Waals surface area (Å²) in [5.41, 5.74) is 3.77. The molecule has 28 heavy (non-hydrogen) atoms. The van der Waals surface area contributed by atoms with Gasteiger partial charge in [-0.3, -0.25) is 0 Å². The Labute approximate surface area is 167 Å². The Morgan fingerprint density at radius 2 is 1.75 bits per heavy atom. The van der Waals surface area contributed by atoms with E-state index in [1.54, 1.807) is 14.2 Å². The molecule has 0 N–H and O–H groups in total. The molecule has 1 aromatic carbocycles. The number of anilines is 2. The summed E-state index contributed by atoms with van der Waals surface area (Å²) in [6, 6.07) is 6.51. The highest BCUT2D eigenvalue weighted by Gasteiger charge is 2.30. The van der Waals surface area contributed by atoms with Crippen LogP contribution in [0.15, 0.2) is 18.2 Å². The third kappa shape index (κ3) is 3.60. The first-order chi connectivity index (χ1) is 13.6. The minimum Gasteiger partial charge on any atom is -0.497 e. The van der Waals surface area contributed by atoms with Crippen LogP contribution in [0.25, 0.3) is 0 Å². The molecule has 2 aliphatic rings. The van der Waals surface area contributed by atoms with Crippen LogP contribution < -0.4 is 19.3 Å². The van der Waals surface area contributed by atoms with E-state index >= 15 is 0 Å². The lowest BCUT2D eigenvalue weighted by atomic mass is 9.95. The van der Waals surface area contributed by atoms with Gasteiger partial charge in [-0.25, -0.2) is 9.97 Å². The molecule has 1 unspecified atom stereocenters. The molecule has 0 spiro atoms. The molecule has 2 aromatic rings. The quantitative estimate of drug-likeness (QED) is 0.790. The molecule has 0 saturated carbocycles. The maximum Gasteiger partial charge on any atom is 0.135 e. The van der Waals surface area contributed by atoms with Crippen LogP contribution in [-0.2, 0) is 12.8 Å². The average molecular weight is 383 g/mol. The Morgan fingerprint density at radius 1 is 1.04 bits per heavy atom. The first kappa shape index (κ1) is 18.8. The van der Waals surface area contributed by atoms with E-state index < -0.39 is 0 Å². The van der Waals surface area contributed by atoms with Crippen molar-refractivity contribution in [1.29, 1.82) is 0 Å². The smallest absolute Gasteiger partial charge is 0.135 e. The summed E-state index contributed by atoms with van der Waals surface area (Å²) in [7, 11) is 5.58. The summed E-state index contributed by atoms with van der Waals surface area (Å²) < 4.78 is 10.9. The van der Waals surface area contributed by atoms with E-state index in [4.69, 9.17) is 19.4 Å². The Morgan fingerprint density at radius 3 is 2.46 bits per heavy atom. The van der Waals surface area contributed by atoms with Gasteiger partial charge in [0.25, 0.3) is 0 Å². The number of rotatable bonds is 5. The number of benzene rings is 1. The van der Waals surface area contributed by atoms with Crippen LogP contribution in [0.4, 0.5) is 11.5 Å². The lowest BCUT2D eigenvalue weighted by Crippen LogP contribution is -2.36. The van der Waals surface area contributed by atoms with Crippen molar-refractivity contribution in [1.82, 2.24) is 9.97 Å². The number of hydrogen-bond acceptors (Lipinski definition) is 6. The number of fused-ring (bicyclic) bond motifs is 1. The highest BCUT2D eigenvalue weighted by molar-refractivity contribution is 5.58. The molecule has 0 radical (unpaired) electrons. The minimum atomic E-state index is 0.428. The van der Waals surface area contributed by atoms with Crippen molar-refractivity contribution in [2.24, 2.45) is 0 Å². The molecular formula is C22H30N4O2. The molecule has 4 rings (SSSR count). The molecule has 1 aliphatic heterocycles. The van der Waals surface area contributed by atoms with E-state index in [0.717, 1.165) is 61.2 Å². The predicted octanol–water partition coefficient (Wildman–Crippen LogP) is 3.40. The van der Waals surface area contributed by atoms with Crippen LogP contribution >= 0.6 is 0 Å². The van der Waals surface area contributed by atoms with Gasteiger partial charge in [0.1, 0.15) is 23.1 Å². The third-order valence-corrected chi connectivity index (χ3v) is 6.02. The summed E-state index contributed by atoms with van der Waals surface area (Å²) in [6.07, 6.45) is 5.76. The van der Waals surface area contributed by atoms with Crippen LogP contribution in [0, 0.1) is 6.92 Å². The van der Waals surface area contributed by atoms with E-state index in [0.29, 0.717) is 6.04 Å². The number of hydrogen-bond donors (Lipinski definition) is 0. The second-order valence-corrected chi connectivity index (χ2v) is 7.80. The number of nitrogens with zero attached hydrogens (tertiary/aromatic N) is 4. The molecule has 1 fully saturated rings. The Kier molecular flexibility index (Phi) is 5.29. The summed E-state index contributed by atoms with van der Waals surface area (Å²) >= 11 is 0. The number of aryl methyl sites for hydroxylation is 2. The van der Waals surface area contributed by atoms with Crippen molar-refractivity contribution >= 4 is 11.5 Å². The zero-order valence-corrected chi connectivity index (χ0v) is 17.4. The van der Waals surface area contributed by atoms with Crippen LogP contribution in [0.1, 0.15) is 36.3 Å². The lowest BCUT2D eigenvalue weighted by molar-refractivity contribution is 0.394. The molecule has 0 amide bonds. The molecule has 1 saturated heterocycles. The predicted molar refractivity (Wildman–Crippen MR) is 112 cm³/mol. The van der Waals surface area contributed by atoms with Gasteiger partial charge in [-0.15, -0.1) is 0 Å². The molecule has 2 heterocycles. The van der Waals surface area contributed by atoms with E-state index in [1.807, 2.05) is 13.0 Å². The highest BCUT2D eigenvalue weighted by atomic mass is 16.5. The van der Waals surface area contributed by atoms with Gasteiger partial charge in [-0.1, -0.05) is 0 Å². The zero-order valence-electron chi connectivity index (χ0n) is 17.4. The van der Waals surface area contributed by atoms with Gasteiger partial charge in [0.05, 0.1) is 14.2 Å². The minimum absolute atomic E-state index is 0.428. The van der Waals surface area contributed by atoms with Crippen molar-refractivity contribution in [3.63, 3.8) is 0 Å². The molecule has 0 bridgehead atoms. The van der Waals surface area contributed by atoms with Crippen LogP contribution in [0.2, 0.25) is 0 Å². The fourth-order valence-corrected chi connectivity index (χ4v) is 4.43. The van der Waals surface area contributed by atoms with Gasteiger partial charge >= 0.3 is 0 Å². The number of methoxy groups -OCH3 is 2. The summed E-state index contributed by atoms with van der Waals surface area (Å²) in [4.78, 5) is 14.3. The summed E-state index contributed by atoms with van der Waals surface area (Å²) in [6.45, 7) is 3.98. The van der Waals surface area contributed by atoms with E-state index in [-0.39, 0.29) is 0 Å². The number of ether oxygens (including phenoxy) is 2. The Bertz CT molecular complexity index is 832. The SMILES string of the molecule is COc1cc(OC)cc(N2CCC(N(C)c3nc(C)nc4c3CCCC4)C2)c1. The van der Waals surface area contributed by atoms with Crippen LogP contribution in [-0.4, -0.2) is 50.4 Å². The highest BCUT2D eigenvalue weighted by Crippen LogP contribution is 2.33. The fourth-order valence-electron chi connectivity index (χ4n) is 4.43. The molecule has 1 aliphatic carbocycles. The molecule has 6 heteroatoms. The van der Waals surface area contributed by atoms with Crippen molar-refractivity contribution in [3.8, 4) is 11.5 Å². The van der Waals surface area contributed by atoms with Crippen molar-refractivity contribution in [3.05, 3.63) is 35.3 Å². The van der Waals surface area contributed by atoms with E-state index in [9.17, 15) is 0 Å². The second-order valence-electron chi connectivity index (χ2n) is 7.80. The van der Waals surface area contributed by atoms with Gasteiger partial charge in [0, 0.05) is 61.3 Å². The summed E-state index contributed by atoms with van der Waals surface area (Å²) in [5.74, 6) is 3.67. The Hall–Kier alpha value is -2.50.